The van der Waals surface area contributed by atoms with Gasteiger partial charge in [0.05, 0.1) is 0 Å². The average molecular weight is 489 g/mol. The number of nitrogens with one attached hydrogen (secondary N) is 1. The van der Waals surface area contributed by atoms with Crippen LogP contribution in [0.15, 0.2) is 35.3 Å². The lowest BCUT2D eigenvalue weighted by atomic mass is 9.95. The fraction of sp³-hybridized carbons (Fsp3) is 0.600. The van der Waals surface area contributed by atoms with Gasteiger partial charge in [0.15, 0.2) is 0 Å². The van der Waals surface area contributed by atoms with E-state index in [4.69, 9.17) is 4.74 Å². The molecule has 0 aromatic heterocycles. The SMILES string of the molecule is CCCC[C@H](NC(=O)[C@](Cc1ccccc1)(N=C=O)N1CCN(C(=O)OC(C)(C)C)CC1)C(=O)O. The third kappa shape index (κ3) is 7.90. The molecule has 192 valence electrons. The molecule has 0 unspecified atom stereocenters. The van der Waals surface area contributed by atoms with Crippen molar-refractivity contribution in [2.24, 2.45) is 4.99 Å². The summed E-state index contributed by atoms with van der Waals surface area (Å²) in [6.45, 7) is 8.26. The van der Waals surface area contributed by atoms with E-state index < -0.39 is 35.3 Å². The molecule has 0 aliphatic carbocycles. The Morgan fingerprint density at radius 2 is 1.77 bits per heavy atom. The van der Waals surface area contributed by atoms with Crippen LogP contribution < -0.4 is 5.32 Å². The van der Waals surface area contributed by atoms with Crippen LogP contribution in [0, 0.1) is 0 Å². The summed E-state index contributed by atoms with van der Waals surface area (Å²) in [5.41, 5.74) is -1.60. The summed E-state index contributed by atoms with van der Waals surface area (Å²) >= 11 is 0. The van der Waals surface area contributed by atoms with Gasteiger partial charge in [0.2, 0.25) is 11.7 Å². The van der Waals surface area contributed by atoms with Gasteiger partial charge in [0.1, 0.15) is 11.6 Å². The van der Waals surface area contributed by atoms with Crippen LogP contribution in [-0.2, 0) is 25.5 Å². The minimum absolute atomic E-state index is 0.0431. The topological polar surface area (TPSA) is 129 Å². The summed E-state index contributed by atoms with van der Waals surface area (Å²) in [6, 6.07) is 7.96. The lowest BCUT2D eigenvalue weighted by molar-refractivity contribution is -0.145. The van der Waals surface area contributed by atoms with Crippen molar-refractivity contribution in [1.82, 2.24) is 15.1 Å². The molecule has 2 amide bonds. The van der Waals surface area contributed by atoms with Crippen molar-refractivity contribution in [3.05, 3.63) is 35.9 Å². The predicted octanol–water partition coefficient (Wildman–Crippen LogP) is 2.57. The number of amides is 2. The number of aliphatic imine (C=N–C) groups is 1. The summed E-state index contributed by atoms with van der Waals surface area (Å²) in [4.78, 5) is 56.7. The number of piperazine rings is 1. The summed E-state index contributed by atoms with van der Waals surface area (Å²) in [6.07, 6.45) is 2.77. The van der Waals surface area contributed by atoms with Crippen LogP contribution in [0.25, 0.3) is 0 Å². The van der Waals surface area contributed by atoms with Crippen molar-refractivity contribution >= 4 is 24.0 Å². The van der Waals surface area contributed by atoms with Crippen LogP contribution in [0.4, 0.5) is 4.79 Å². The maximum atomic E-state index is 13.6. The van der Waals surface area contributed by atoms with Crippen LogP contribution >= 0.6 is 0 Å². The van der Waals surface area contributed by atoms with E-state index in [1.54, 1.807) is 30.6 Å². The van der Waals surface area contributed by atoms with Crippen LogP contribution in [0.2, 0.25) is 0 Å². The minimum atomic E-state index is -1.71. The van der Waals surface area contributed by atoms with Gasteiger partial charge in [0.25, 0.3) is 5.91 Å². The molecule has 2 atom stereocenters. The van der Waals surface area contributed by atoms with Crippen molar-refractivity contribution in [2.75, 3.05) is 26.2 Å². The van der Waals surface area contributed by atoms with E-state index in [2.05, 4.69) is 10.3 Å². The fourth-order valence-electron chi connectivity index (χ4n) is 3.98. The lowest BCUT2D eigenvalue weighted by Gasteiger charge is -2.44. The van der Waals surface area contributed by atoms with Crippen molar-refractivity contribution in [2.45, 2.75) is 70.7 Å². The van der Waals surface area contributed by atoms with Gasteiger partial charge in [-0.25, -0.2) is 14.4 Å². The Morgan fingerprint density at radius 1 is 1.14 bits per heavy atom. The van der Waals surface area contributed by atoms with Crippen molar-refractivity contribution in [1.29, 1.82) is 0 Å². The molecule has 2 N–H and O–H groups in total. The molecule has 1 aromatic carbocycles. The quantitative estimate of drug-likeness (QED) is 0.383. The van der Waals surface area contributed by atoms with Crippen molar-refractivity contribution in [3.8, 4) is 0 Å². The monoisotopic (exact) mass is 488 g/mol. The third-order valence-corrected chi connectivity index (χ3v) is 5.79. The highest BCUT2D eigenvalue weighted by atomic mass is 16.6. The van der Waals surface area contributed by atoms with Gasteiger partial charge in [-0.15, -0.1) is 0 Å². The van der Waals surface area contributed by atoms with Gasteiger partial charge in [-0.2, -0.15) is 4.99 Å². The molecule has 1 fully saturated rings. The Bertz CT molecular complexity index is 918. The number of nitrogens with zero attached hydrogens (tertiary/aromatic N) is 3. The Morgan fingerprint density at radius 3 is 2.29 bits per heavy atom. The number of unbranched alkanes of at least 4 members (excludes halogenated alkanes) is 1. The first-order valence-electron chi connectivity index (χ1n) is 11.9. The molecular formula is C25H36N4O6. The fourth-order valence-corrected chi connectivity index (χ4v) is 3.98. The van der Waals surface area contributed by atoms with Crippen LogP contribution in [0.1, 0.15) is 52.5 Å². The van der Waals surface area contributed by atoms with Crippen LogP contribution in [0.5, 0.6) is 0 Å². The molecular weight excluding hydrogens is 452 g/mol. The maximum Gasteiger partial charge on any atom is 0.410 e. The molecule has 1 heterocycles. The Balaban J connectivity index is 2.34. The molecule has 0 spiro atoms. The first-order chi connectivity index (χ1) is 16.5. The molecule has 1 aliphatic rings. The number of rotatable bonds is 10. The minimum Gasteiger partial charge on any atom is -0.480 e. The molecule has 35 heavy (non-hydrogen) atoms. The van der Waals surface area contributed by atoms with Crippen molar-refractivity contribution < 1.29 is 29.0 Å². The number of isocyanates is 1. The number of benzene rings is 1. The molecule has 0 bridgehead atoms. The Hall–Kier alpha value is -3.23. The predicted molar refractivity (Wildman–Crippen MR) is 129 cm³/mol. The standard InChI is InChI=1S/C25H36N4O6/c1-5-6-12-20(21(31)32)27-22(33)25(26-18-30,17-19-10-8-7-9-11-19)29-15-13-28(14-16-29)23(34)35-24(2,3)4/h7-11,20H,5-6,12-17H2,1-4H3,(H,27,33)(H,31,32)/t20-,25+/m0/s1. The second-order valence-corrected chi connectivity index (χ2v) is 9.64. The molecule has 1 saturated heterocycles. The number of hydrogen-bond donors (Lipinski definition) is 2. The largest absolute Gasteiger partial charge is 0.480 e. The molecule has 10 heteroatoms. The Labute approximate surface area is 206 Å². The average Bonchev–Trinajstić information content (AvgIpc) is 2.80. The number of hydrogen-bond acceptors (Lipinski definition) is 7. The first kappa shape index (κ1) is 28.0. The van der Waals surface area contributed by atoms with E-state index in [-0.39, 0.29) is 39.0 Å². The van der Waals surface area contributed by atoms with Crippen LogP contribution in [0.3, 0.4) is 0 Å². The second kappa shape index (κ2) is 12.5. The number of carboxylic acid groups (broad SMARTS) is 1. The second-order valence-electron chi connectivity index (χ2n) is 9.64. The number of carboxylic acids is 1. The van der Waals surface area contributed by atoms with E-state index in [0.29, 0.717) is 6.42 Å². The van der Waals surface area contributed by atoms with Gasteiger partial charge in [-0.05, 0) is 32.8 Å². The van der Waals surface area contributed by atoms with Gasteiger partial charge in [-0.3, -0.25) is 9.69 Å². The summed E-state index contributed by atoms with van der Waals surface area (Å²) < 4.78 is 5.44. The van der Waals surface area contributed by atoms with Crippen molar-refractivity contribution in [3.63, 3.8) is 0 Å². The van der Waals surface area contributed by atoms with E-state index in [0.717, 1.165) is 12.0 Å². The number of carbonyl (C=O) groups excluding carboxylic acids is 3. The molecule has 0 saturated carbocycles. The smallest absolute Gasteiger partial charge is 0.410 e. The highest BCUT2D eigenvalue weighted by molar-refractivity contribution is 5.91. The normalized spacial score (nSPS) is 17.0. The molecule has 10 nitrogen and oxygen atoms in total. The summed E-state index contributed by atoms with van der Waals surface area (Å²) in [7, 11) is 0. The summed E-state index contributed by atoms with van der Waals surface area (Å²) in [5.74, 6) is -1.83. The number of carbonyl (C=O) groups is 3. The molecule has 0 radical (unpaired) electrons. The third-order valence-electron chi connectivity index (χ3n) is 5.79. The number of aliphatic carboxylic acids is 1. The molecule has 1 aromatic rings. The zero-order valence-electron chi connectivity index (χ0n) is 21.0. The highest BCUT2D eigenvalue weighted by Gasteiger charge is 2.47. The summed E-state index contributed by atoms with van der Waals surface area (Å²) in [5, 5.41) is 12.2. The number of ether oxygens (including phenoxy) is 1. The van der Waals surface area contributed by atoms with Gasteiger partial charge in [-0.1, -0.05) is 50.1 Å². The van der Waals surface area contributed by atoms with E-state index in [9.17, 15) is 24.3 Å². The first-order valence-corrected chi connectivity index (χ1v) is 11.9. The van der Waals surface area contributed by atoms with E-state index >= 15 is 0 Å². The highest BCUT2D eigenvalue weighted by Crippen LogP contribution is 2.26. The van der Waals surface area contributed by atoms with Crippen LogP contribution in [-0.4, -0.2) is 82.4 Å². The van der Waals surface area contributed by atoms with E-state index in [1.807, 2.05) is 37.3 Å². The van der Waals surface area contributed by atoms with Gasteiger partial charge in [0, 0.05) is 32.6 Å². The van der Waals surface area contributed by atoms with Gasteiger partial charge >= 0.3 is 12.1 Å². The van der Waals surface area contributed by atoms with E-state index in [1.165, 1.54) is 6.08 Å². The Kier molecular flexibility index (Phi) is 9.98. The maximum absolute atomic E-state index is 13.6. The zero-order chi connectivity index (χ0) is 26.1. The lowest BCUT2D eigenvalue weighted by Crippen LogP contribution is -2.65. The van der Waals surface area contributed by atoms with Gasteiger partial charge < -0.3 is 20.1 Å². The molecule has 2 rings (SSSR count). The zero-order valence-corrected chi connectivity index (χ0v) is 21.0. The molecule has 1 aliphatic heterocycles.